The summed E-state index contributed by atoms with van der Waals surface area (Å²) in [5.41, 5.74) is 1.27. The highest BCUT2D eigenvalue weighted by atomic mass is 79.9. The van der Waals surface area contributed by atoms with Crippen LogP contribution in [0.3, 0.4) is 0 Å². The fourth-order valence-electron chi connectivity index (χ4n) is 3.76. The van der Waals surface area contributed by atoms with Crippen LogP contribution in [0.2, 0.25) is 0 Å². The van der Waals surface area contributed by atoms with Crippen molar-refractivity contribution in [1.29, 1.82) is 0 Å². The van der Waals surface area contributed by atoms with Crippen LogP contribution in [-0.2, 0) is 4.79 Å². The number of carbonyl (C=O) groups is 1. The molecule has 0 spiro atoms. The molecule has 1 atom stereocenters. The average Bonchev–Trinajstić information content (AvgIpc) is 2.91. The van der Waals surface area contributed by atoms with Gasteiger partial charge in [0.1, 0.15) is 11.6 Å². The molecule has 39 heavy (non-hydrogen) atoms. The monoisotopic (exact) mass is 658 g/mol. The Labute approximate surface area is 241 Å². The van der Waals surface area contributed by atoms with Crippen molar-refractivity contribution in [3.63, 3.8) is 0 Å². The number of methoxy groups -OCH3 is 1. The molecule has 0 fully saturated rings. The summed E-state index contributed by atoms with van der Waals surface area (Å²) in [6, 6.07) is 14.4. The zero-order valence-electron chi connectivity index (χ0n) is 21.4. The molecule has 0 radical (unpaired) electrons. The van der Waals surface area contributed by atoms with Gasteiger partial charge in [0, 0.05) is 16.1 Å². The number of fused-ring (bicyclic) bond motifs is 1. The number of aromatic nitrogens is 2. The molecule has 11 heteroatoms. The van der Waals surface area contributed by atoms with Gasteiger partial charge in [-0.25, -0.2) is 9.37 Å². The largest absolute Gasteiger partial charge is 0.493 e. The fourth-order valence-corrected chi connectivity index (χ4v) is 4.69. The van der Waals surface area contributed by atoms with E-state index in [1.54, 1.807) is 30.3 Å². The van der Waals surface area contributed by atoms with Gasteiger partial charge in [0.15, 0.2) is 18.1 Å². The molecule has 1 amide bonds. The molecule has 0 aliphatic carbocycles. The van der Waals surface area contributed by atoms with E-state index in [-0.39, 0.29) is 18.1 Å². The van der Waals surface area contributed by atoms with Crippen LogP contribution in [0.15, 0.2) is 73.4 Å². The predicted molar refractivity (Wildman–Crippen MR) is 157 cm³/mol. The smallest absolute Gasteiger partial charge is 0.282 e. The Bertz CT molecular complexity index is 1620. The Morgan fingerprint density at radius 2 is 2.00 bits per heavy atom. The maximum Gasteiger partial charge on any atom is 0.282 e. The number of benzene rings is 3. The summed E-state index contributed by atoms with van der Waals surface area (Å²) in [5, 5.41) is 7.52. The third-order valence-corrected chi connectivity index (χ3v) is 7.00. The van der Waals surface area contributed by atoms with Gasteiger partial charge in [0.05, 0.1) is 28.7 Å². The number of nitrogens with one attached hydrogen (secondary N) is 1. The molecule has 0 unspecified atom stereocenters. The highest BCUT2D eigenvalue weighted by Gasteiger charge is 2.17. The molecule has 0 bridgehead atoms. The van der Waals surface area contributed by atoms with Crippen molar-refractivity contribution in [2.75, 3.05) is 19.0 Å². The van der Waals surface area contributed by atoms with Gasteiger partial charge in [-0.3, -0.25) is 9.59 Å². The molecule has 1 aromatic heterocycles. The second-order valence-corrected chi connectivity index (χ2v) is 10.5. The minimum Gasteiger partial charge on any atom is -0.493 e. The molecular formula is C28H25Br2FN4O4. The fraction of sp³-hybridized carbons (Fsp3) is 0.214. The van der Waals surface area contributed by atoms with E-state index in [2.05, 4.69) is 42.3 Å². The van der Waals surface area contributed by atoms with Crippen molar-refractivity contribution in [3.8, 4) is 11.5 Å². The number of hydrogen-bond donors (Lipinski definition) is 1. The molecule has 0 saturated carbocycles. The highest BCUT2D eigenvalue weighted by molar-refractivity contribution is 9.10. The number of rotatable bonds is 9. The molecule has 3 aromatic carbocycles. The Hall–Kier alpha value is -3.57. The summed E-state index contributed by atoms with van der Waals surface area (Å²) >= 11 is 6.88. The first-order valence-corrected chi connectivity index (χ1v) is 13.6. The Balaban J connectivity index is 1.60. The van der Waals surface area contributed by atoms with Crippen LogP contribution < -0.4 is 20.3 Å². The molecule has 1 heterocycles. The second kappa shape index (κ2) is 12.5. The van der Waals surface area contributed by atoms with Crippen molar-refractivity contribution in [2.24, 2.45) is 5.10 Å². The van der Waals surface area contributed by atoms with Crippen molar-refractivity contribution in [1.82, 2.24) is 9.66 Å². The minimum absolute atomic E-state index is 0.00142. The van der Waals surface area contributed by atoms with Crippen molar-refractivity contribution in [3.05, 3.63) is 91.1 Å². The molecule has 202 valence electrons. The Morgan fingerprint density at radius 3 is 2.72 bits per heavy atom. The van der Waals surface area contributed by atoms with Gasteiger partial charge in [-0.2, -0.15) is 9.78 Å². The standard InChI is InChI=1S/C28H25Br2FN4O4/c1-4-16(2)27-34-23-9-8-18(29)12-21(23)28(37)35(27)32-14-17-10-22(30)26(24(11-17)38-3)39-15-25(36)33-20-7-5-6-19(31)13-20/h5-14,16H,4,15H2,1-3H3,(H,33,36)/t16-/m1/s1. The van der Waals surface area contributed by atoms with Gasteiger partial charge in [0.25, 0.3) is 11.5 Å². The second-order valence-electron chi connectivity index (χ2n) is 8.68. The summed E-state index contributed by atoms with van der Waals surface area (Å²) in [5.74, 6) is 0.286. The van der Waals surface area contributed by atoms with E-state index < -0.39 is 11.7 Å². The molecule has 0 saturated heterocycles. The maximum atomic E-state index is 13.4. The van der Waals surface area contributed by atoms with Crippen LogP contribution in [-0.4, -0.2) is 35.5 Å². The van der Waals surface area contributed by atoms with Gasteiger partial charge in [-0.15, -0.1) is 0 Å². The van der Waals surface area contributed by atoms with Crippen LogP contribution >= 0.6 is 31.9 Å². The normalized spacial score (nSPS) is 12.1. The first-order chi connectivity index (χ1) is 18.7. The lowest BCUT2D eigenvalue weighted by Crippen LogP contribution is -2.23. The van der Waals surface area contributed by atoms with Gasteiger partial charge < -0.3 is 14.8 Å². The van der Waals surface area contributed by atoms with Crippen molar-refractivity contribution < 1.29 is 18.7 Å². The highest BCUT2D eigenvalue weighted by Crippen LogP contribution is 2.36. The molecule has 0 aliphatic heterocycles. The summed E-state index contributed by atoms with van der Waals surface area (Å²) in [6.45, 7) is 3.69. The van der Waals surface area contributed by atoms with Gasteiger partial charge >= 0.3 is 0 Å². The predicted octanol–water partition coefficient (Wildman–Crippen LogP) is 6.48. The Morgan fingerprint density at radius 1 is 1.21 bits per heavy atom. The lowest BCUT2D eigenvalue weighted by atomic mass is 10.1. The SMILES string of the molecule is CC[C@@H](C)c1nc2ccc(Br)cc2c(=O)n1N=Cc1cc(Br)c(OCC(=O)Nc2cccc(F)c2)c(OC)c1. The zero-order chi connectivity index (χ0) is 28.1. The van der Waals surface area contributed by atoms with Crippen LogP contribution in [0.5, 0.6) is 11.5 Å². The number of nitrogens with zero attached hydrogens (tertiary/aromatic N) is 3. The summed E-state index contributed by atoms with van der Waals surface area (Å²) in [7, 11) is 1.47. The maximum absolute atomic E-state index is 13.4. The van der Waals surface area contributed by atoms with E-state index in [0.717, 1.165) is 10.9 Å². The molecule has 4 rings (SSSR count). The van der Waals surface area contributed by atoms with E-state index >= 15 is 0 Å². The Kier molecular flexibility index (Phi) is 9.13. The third kappa shape index (κ3) is 6.72. The molecular weight excluding hydrogens is 635 g/mol. The number of amides is 1. The van der Waals surface area contributed by atoms with Gasteiger partial charge in [0.2, 0.25) is 0 Å². The van der Waals surface area contributed by atoms with Crippen LogP contribution in [0.4, 0.5) is 10.1 Å². The zero-order valence-corrected chi connectivity index (χ0v) is 24.5. The first-order valence-electron chi connectivity index (χ1n) is 12.0. The topological polar surface area (TPSA) is 94.8 Å². The van der Waals surface area contributed by atoms with Crippen molar-refractivity contribution >= 4 is 60.6 Å². The minimum atomic E-state index is -0.465. The van der Waals surface area contributed by atoms with E-state index in [1.165, 1.54) is 36.2 Å². The number of halogens is 3. The van der Waals surface area contributed by atoms with Crippen molar-refractivity contribution in [2.45, 2.75) is 26.2 Å². The number of anilines is 1. The summed E-state index contributed by atoms with van der Waals surface area (Å²) < 4.78 is 27.2. The first kappa shape index (κ1) is 28.4. The molecule has 0 aliphatic rings. The lowest BCUT2D eigenvalue weighted by molar-refractivity contribution is -0.118. The number of carbonyl (C=O) groups excluding carboxylic acids is 1. The van der Waals surface area contributed by atoms with E-state index in [1.807, 2.05) is 19.9 Å². The summed E-state index contributed by atoms with van der Waals surface area (Å²) in [4.78, 5) is 30.4. The molecule has 8 nitrogen and oxygen atoms in total. The lowest BCUT2D eigenvalue weighted by Gasteiger charge is -2.15. The summed E-state index contributed by atoms with van der Waals surface area (Å²) in [6.07, 6.45) is 2.31. The van der Waals surface area contributed by atoms with E-state index in [9.17, 15) is 14.0 Å². The quantitative estimate of drug-likeness (QED) is 0.208. The molecule has 4 aromatic rings. The van der Waals surface area contributed by atoms with Gasteiger partial charge in [-0.1, -0.05) is 35.8 Å². The average molecular weight is 660 g/mol. The van der Waals surface area contributed by atoms with Crippen LogP contribution in [0, 0.1) is 5.82 Å². The third-order valence-electron chi connectivity index (χ3n) is 5.92. The van der Waals surface area contributed by atoms with E-state index in [4.69, 9.17) is 14.5 Å². The van der Waals surface area contributed by atoms with E-state index in [0.29, 0.717) is 43.9 Å². The molecule has 1 N–H and O–H groups in total. The number of hydrogen-bond acceptors (Lipinski definition) is 6. The van der Waals surface area contributed by atoms with Gasteiger partial charge in [-0.05, 0) is 76.4 Å². The van der Waals surface area contributed by atoms with Crippen LogP contribution in [0.25, 0.3) is 10.9 Å². The number of ether oxygens (including phenoxy) is 2. The van der Waals surface area contributed by atoms with Crippen LogP contribution in [0.1, 0.15) is 37.6 Å².